The summed E-state index contributed by atoms with van der Waals surface area (Å²) in [5.41, 5.74) is 1.47. The number of hydrogen-bond donors (Lipinski definition) is 1. The van der Waals surface area contributed by atoms with Crippen LogP contribution in [0.5, 0.6) is 0 Å². The highest BCUT2D eigenvalue weighted by molar-refractivity contribution is 5.94. The van der Waals surface area contributed by atoms with Crippen LogP contribution in [0.25, 0.3) is 10.9 Å². The van der Waals surface area contributed by atoms with Crippen LogP contribution in [0.2, 0.25) is 0 Å². The molecule has 28 heavy (non-hydrogen) atoms. The van der Waals surface area contributed by atoms with E-state index in [0.717, 1.165) is 36.2 Å². The predicted molar refractivity (Wildman–Crippen MR) is 111 cm³/mol. The van der Waals surface area contributed by atoms with Gasteiger partial charge in [-0.2, -0.15) is 0 Å². The average Bonchev–Trinajstić information content (AvgIpc) is 2.71. The summed E-state index contributed by atoms with van der Waals surface area (Å²) in [6.45, 7) is 2.16. The number of para-hydroxylation sites is 1. The van der Waals surface area contributed by atoms with E-state index >= 15 is 0 Å². The van der Waals surface area contributed by atoms with Gasteiger partial charge >= 0.3 is 0 Å². The van der Waals surface area contributed by atoms with Gasteiger partial charge in [0.2, 0.25) is 0 Å². The van der Waals surface area contributed by atoms with Gasteiger partial charge in [-0.15, -0.1) is 0 Å². The van der Waals surface area contributed by atoms with Crippen molar-refractivity contribution in [1.82, 2.24) is 24.8 Å². The SMILES string of the molecule is CN(C)CCCNc1nc(CN(C)C(=O)c2ccncc2)nc2ccccc12. The van der Waals surface area contributed by atoms with Crippen molar-refractivity contribution < 1.29 is 4.79 Å². The highest BCUT2D eigenvalue weighted by atomic mass is 16.2. The average molecular weight is 378 g/mol. The lowest BCUT2D eigenvalue weighted by atomic mass is 10.2. The van der Waals surface area contributed by atoms with Crippen LogP contribution >= 0.6 is 0 Å². The molecule has 3 aromatic rings. The zero-order valence-electron chi connectivity index (χ0n) is 16.6. The smallest absolute Gasteiger partial charge is 0.254 e. The second-order valence-electron chi connectivity index (χ2n) is 6.99. The van der Waals surface area contributed by atoms with Gasteiger partial charge in [0.15, 0.2) is 5.82 Å². The van der Waals surface area contributed by atoms with E-state index in [1.165, 1.54) is 0 Å². The van der Waals surface area contributed by atoms with Crippen molar-refractivity contribution in [1.29, 1.82) is 0 Å². The highest BCUT2D eigenvalue weighted by Gasteiger charge is 2.15. The van der Waals surface area contributed by atoms with Crippen LogP contribution in [0.15, 0.2) is 48.8 Å². The molecule has 0 aliphatic heterocycles. The number of nitrogens with one attached hydrogen (secondary N) is 1. The van der Waals surface area contributed by atoms with Gasteiger partial charge in [-0.25, -0.2) is 9.97 Å². The zero-order valence-corrected chi connectivity index (χ0v) is 16.6. The van der Waals surface area contributed by atoms with Crippen LogP contribution < -0.4 is 5.32 Å². The lowest BCUT2D eigenvalue weighted by Gasteiger charge is -2.18. The van der Waals surface area contributed by atoms with Crippen LogP contribution in [-0.4, -0.2) is 64.9 Å². The quantitative estimate of drug-likeness (QED) is 0.608. The Hall–Kier alpha value is -3.06. The maximum Gasteiger partial charge on any atom is 0.254 e. The van der Waals surface area contributed by atoms with E-state index < -0.39 is 0 Å². The Morgan fingerprint density at radius 1 is 1.04 bits per heavy atom. The maximum atomic E-state index is 12.6. The third-order valence-corrected chi connectivity index (χ3v) is 4.38. The largest absolute Gasteiger partial charge is 0.369 e. The molecular weight excluding hydrogens is 352 g/mol. The van der Waals surface area contributed by atoms with Crippen LogP contribution in [0.3, 0.4) is 0 Å². The molecule has 0 atom stereocenters. The number of nitrogens with zero attached hydrogens (tertiary/aromatic N) is 5. The van der Waals surface area contributed by atoms with Gasteiger partial charge in [-0.05, 0) is 51.3 Å². The summed E-state index contributed by atoms with van der Waals surface area (Å²) in [5.74, 6) is 1.34. The molecule has 2 heterocycles. The molecule has 0 radical (unpaired) electrons. The Morgan fingerprint density at radius 2 is 1.79 bits per heavy atom. The molecule has 1 aromatic carbocycles. The summed E-state index contributed by atoms with van der Waals surface area (Å²) in [7, 11) is 5.88. The molecule has 1 N–H and O–H groups in total. The van der Waals surface area contributed by atoms with Gasteiger partial charge in [0.1, 0.15) is 5.82 Å². The van der Waals surface area contributed by atoms with Crippen molar-refractivity contribution in [2.45, 2.75) is 13.0 Å². The first-order valence-electron chi connectivity index (χ1n) is 9.34. The van der Waals surface area contributed by atoms with Crippen molar-refractivity contribution in [3.8, 4) is 0 Å². The second kappa shape index (κ2) is 9.23. The minimum Gasteiger partial charge on any atom is -0.369 e. The molecule has 3 rings (SSSR count). The molecule has 7 nitrogen and oxygen atoms in total. The van der Waals surface area contributed by atoms with E-state index in [2.05, 4.69) is 34.3 Å². The highest BCUT2D eigenvalue weighted by Crippen LogP contribution is 2.20. The van der Waals surface area contributed by atoms with Gasteiger partial charge in [0.25, 0.3) is 5.91 Å². The number of aromatic nitrogens is 3. The van der Waals surface area contributed by atoms with Crippen molar-refractivity contribution in [2.75, 3.05) is 39.5 Å². The molecule has 0 saturated carbocycles. The summed E-state index contributed by atoms with van der Waals surface area (Å²) < 4.78 is 0. The summed E-state index contributed by atoms with van der Waals surface area (Å²) in [5, 5.41) is 4.41. The first-order valence-corrected chi connectivity index (χ1v) is 9.34. The molecule has 0 fully saturated rings. The number of carbonyl (C=O) groups excluding carboxylic acids is 1. The lowest BCUT2D eigenvalue weighted by molar-refractivity contribution is 0.0781. The van der Waals surface area contributed by atoms with Crippen molar-refractivity contribution in [2.24, 2.45) is 0 Å². The van der Waals surface area contributed by atoms with Crippen LogP contribution in [-0.2, 0) is 6.54 Å². The first kappa shape index (κ1) is 19.7. The molecule has 7 heteroatoms. The molecule has 0 saturated heterocycles. The number of pyridine rings is 1. The molecule has 0 aliphatic carbocycles. The molecular formula is C21H26N6O. The Morgan fingerprint density at radius 3 is 2.54 bits per heavy atom. The molecule has 0 bridgehead atoms. The standard InChI is InChI=1S/C21H26N6O/c1-26(2)14-6-11-23-20-17-7-4-5-8-18(17)24-19(25-20)15-27(3)21(28)16-9-12-22-13-10-16/h4-5,7-10,12-13H,6,11,14-15H2,1-3H3,(H,23,24,25). The number of benzene rings is 1. The van der Waals surface area contributed by atoms with Crippen LogP contribution in [0, 0.1) is 0 Å². The number of hydrogen-bond acceptors (Lipinski definition) is 6. The van der Waals surface area contributed by atoms with Crippen LogP contribution in [0.1, 0.15) is 22.6 Å². The molecule has 2 aromatic heterocycles. The predicted octanol–water partition coefficient (Wildman–Crippen LogP) is 2.66. The van der Waals surface area contributed by atoms with Gasteiger partial charge in [0, 0.05) is 36.9 Å². The fraction of sp³-hybridized carbons (Fsp3) is 0.333. The molecule has 1 amide bonds. The van der Waals surface area contributed by atoms with Gasteiger partial charge in [-0.3, -0.25) is 9.78 Å². The Labute approximate surface area is 165 Å². The Balaban J connectivity index is 1.78. The molecule has 0 aliphatic rings. The van der Waals surface area contributed by atoms with Gasteiger partial charge in [-0.1, -0.05) is 12.1 Å². The van der Waals surface area contributed by atoms with Gasteiger partial charge < -0.3 is 15.1 Å². The molecule has 0 unspecified atom stereocenters. The third kappa shape index (κ3) is 5.01. The van der Waals surface area contributed by atoms with Crippen LogP contribution in [0.4, 0.5) is 5.82 Å². The van der Waals surface area contributed by atoms with E-state index in [0.29, 0.717) is 17.9 Å². The molecule has 146 valence electrons. The number of rotatable bonds is 8. The number of anilines is 1. The number of carbonyl (C=O) groups is 1. The Kier molecular flexibility index (Phi) is 6.49. The van der Waals surface area contributed by atoms with E-state index in [-0.39, 0.29) is 5.91 Å². The van der Waals surface area contributed by atoms with Crippen molar-refractivity contribution >= 4 is 22.6 Å². The Bertz CT molecular complexity index is 929. The second-order valence-corrected chi connectivity index (χ2v) is 6.99. The third-order valence-electron chi connectivity index (χ3n) is 4.38. The van der Waals surface area contributed by atoms with Crippen molar-refractivity contribution in [3.05, 3.63) is 60.2 Å². The molecule has 0 spiro atoms. The normalized spacial score (nSPS) is 11.0. The van der Waals surface area contributed by atoms with Crippen molar-refractivity contribution in [3.63, 3.8) is 0 Å². The summed E-state index contributed by atoms with van der Waals surface area (Å²) in [4.78, 5) is 29.7. The minimum absolute atomic E-state index is 0.0837. The van der Waals surface area contributed by atoms with Gasteiger partial charge in [0.05, 0.1) is 12.1 Å². The summed E-state index contributed by atoms with van der Waals surface area (Å²) >= 11 is 0. The fourth-order valence-corrected chi connectivity index (χ4v) is 2.93. The summed E-state index contributed by atoms with van der Waals surface area (Å²) in [6.07, 6.45) is 4.24. The minimum atomic E-state index is -0.0837. The topological polar surface area (TPSA) is 74.2 Å². The van der Waals surface area contributed by atoms with E-state index in [1.54, 1.807) is 36.5 Å². The number of amides is 1. The maximum absolute atomic E-state index is 12.6. The fourth-order valence-electron chi connectivity index (χ4n) is 2.93. The lowest BCUT2D eigenvalue weighted by Crippen LogP contribution is -2.27. The van der Waals surface area contributed by atoms with E-state index in [9.17, 15) is 4.79 Å². The monoisotopic (exact) mass is 378 g/mol. The number of fused-ring (bicyclic) bond motifs is 1. The zero-order chi connectivity index (χ0) is 19.9. The van der Waals surface area contributed by atoms with E-state index in [1.807, 2.05) is 24.3 Å². The summed E-state index contributed by atoms with van der Waals surface area (Å²) in [6, 6.07) is 11.3. The van der Waals surface area contributed by atoms with E-state index in [4.69, 9.17) is 4.98 Å². The first-order chi connectivity index (χ1) is 13.5.